The topological polar surface area (TPSA) is 41.5 Å². The molecule has 0 saturated carbocycles. The lowest BCUT2D eigenvalue weighted by Gasteiger charge is -2.37. The van der Waals surface area contributed by atoms with Gasteiger partial charge in [-0.25, -0.2) is 0 Å². The highest BCUT2D eigenvalue weighted by Crippen LogP contribution is 2.29. The Bertz CT molecular complexity index is 401. The normalized spacial score (nSPS) is 14.6. The molecular formula is C13H19BrClNO2. The largest absolute Gasteiger partial charge is 0.394 e. The summed E-state index contributed by atoms with van der Waals surface area (Å²) in [5.74, 6) is 0.219. The summed E-state index contributed by atoms with van der Waals surface area (Å²) in [5.41, 5.74) is 0.397. The van der Waals surface area contributed by atoms with Crippen molar-refractivity contribution >= 4 is 33.2 Å². The van der Waals surface area contributed by atoms with Gasteiger partial charge < -0.3 is 15.2 Å². The SMILES string of the molecule is COCC(CO)(Nc1ccc(Cl)c(Br)c1)C(C)C. The van der Waals surface area contributed by atoms with Crippen LogP contribution in [-0.4, -0.2) is 31.0 Å². The second-order valence-corrected chi connectivity index (χ2v) is 5.92. The van der Waals surface area contributed by atoms with Crippen LogP contribution in [0.2, 0.25) is 5.02 Å². The van der Waals surface area contributed by atoms with Crippen molar-refractivity contribution in [1.82, 2.24) is 0 Å². The average Bonchev–Trinajstić information content (AvgIpc) is 2.33. The number of hydrogen-bond donors (Lipinski definition) is 2. The molecule has 0 radical (unpaired) electrons. The Labute approximate surface area is 122 Å². The van der Waals surface area contributed by atoms with E-state index >= 15 is 0 Å². The number of halogens is 2. The summed E-state index contributed by atoms with van der Waals surface area (Å²) in [6.45, 7) is 4.53. The van der Waals surface area contributed by atoms with Gasteiger partial charge >= 0.3 is 0 Å². The molecule has 1 unspecified atom stereocenters. The Balaban J connectivity index is 2.98. The molecule has 1 atom stereocenters. The lowest BCUT2D eigenvalue weighted by atomic mass is 9.87. The van der Waals surface area contributed by atoms with Crippen LogP contribution in [0.5, 0.6) is 0 Å². The van der Waals surface area contributed by atoms with Gasteiger partial charge in [-0.2, -0.15) is 0 Å². The highest BCUT2D eigenvalue weighted by molar-refractivity contribution is 9.10. The lowest BCUT2D eigenvalue weighted by molar-refractivity contribution is 0.0724. The molecule has 1 aromatic rings. The van der Waals surface area contributed by atoms with E-state index in [4.69, 9.17) is 16.3 Å². The summed E-state index contributed by atoms with van der Waals surface area (Å²) >= 11 is 9.35. The molecule has 102 valence electrons. The van der Waals surface area contributed by atoms with Crippen LogP contribution in [0.4, 0.5) is 5.69 Å². The Morgan fingerprint density at radius 1 is 1.50 bits per heavy atom. The maximum absolute atomic E-state index is 9.68. The smallest absolute Gasteiger partial charge is 0.0860 e. The third kappa shape index (κ3) is 3.60. The van der Waals surface area contributed by atoms with Gasteiger partial charge in [-0.05, 0) is 40.0 Å². The van der Waals surface area contributed by atoms with Gasteiger partial charge in [-0.1, -0.05) is 25.4 Å². The molecule has 0 saturated heterocycles. The zero-order valence-electron chi connectivity index (χ0n) is 10.8. The van der Waals surface area contributed by atoms with Gasteiger partial charge in [0.05, 0.1) is 23.8 Å². The minimum atomic E-state index is -0.498. The molecule has 0 aliphatic rings. The molecule has 0 amide bonds. The van der Waals surface area contributed by atoms with Gasteiger partial charge in [0.2, 0.25) is 0 Å². The van der Waals surface area contributed by atoms with E-state index in [-0.39, 0.29) is 12.5 Å². The van der Waals surface area contributed by atoms with Crippen molar-refractivity contribution in [2.45, 2.75) is 19.4 Å². The standard InChI is InChI=1S/C13H19BrClNO2/c1-9(2)13(7-17,8-18-3)16-10-4-5-12(15)11(14)6-10/h4-6,9,16-17H,7-8H2,1-3H3. The van der Waals surface area contributed by atoms with Crippen molar-refractivity contribution in [1.29, 1.82) is 0 Å². The van der Waals surface area contributed by atoms with Gasteiger partial charge in [0, 0.05) is 17.3 Å². The molecule has 0 bridgehead atoms. The lowest BCUT2D eigenvalue weighted by Crippen LogP contribution is -2.51. The van der Waals surface area contributed by atoms with Gasteiger partial charge in [0.15, 0.2) is 0 Å². The molecule has 0 aliphatic carbocycles. The fourth-order valence-corrected chi connectivity index (χ4v) is 2.23. The molecule has 0 aromatic heterocycles. The molecule has 1 rings (SSSR count). The van der Waals surface area contributed by atoms with Gasteiger partial charge in [-0.15, -0.1) is 0 Å². The highest BCUT2D eigenvalue weighted by Gasteiger charge is 2.33. The van der Waals surface area contributed by atoms with Gasteiger partial charge in [0.1, 0.15) is 0 Å². The van der Waals surface area contributed by atoms with Crippen LogP contribution >= 0.6 is 27.5 Å². The maximum atomic E-state index is 9.68. The van der Waals surface area contributed by atoms with E-state index in [0.29, 0.717) is 11.6 Å². The minimum absolute atomic E-state index is 0.00124. The Morgan fingerprint density at radius 2 is 2.17 bits per heavy atom. The highest BCUT2D eigenvalue weighted by atomic mass is 79.9. The summed E-state index contributed by atoms with van der Waals surface area (Å²) in [4.78, 5) is 0. The number of anilines is 1. The summed E-state index contributed by atoms with van der Waals surface area (Å²) < 4.78 is 6.05. The van der Waals surface area contributed by atoms with E-state index in [9.17, 15) is 5.11 Å². The van der Waals surface area contributed by atoms with Crippen molar-refractivity contribution in [3.63, 3.8) is 0 Å². The molecule has 18 heavy (non-hydrogen) atoms. The number of ether oxygens (including phenoxy) is 1. The summed E-state index contributed by atoms with van der Waals surface area (Å²) in [6.07, 6.45) is 0. The molecule has 1 aromatic carbocycles. The van der Waals surface area contributed by atoms with Crippen LogP contribution in [-0.2, 0) is 4.74 Å². The van der Waals surface area contributed by atoms with Crippen molar-refractivity contribution in [2.24, 2.45) is 5.92 Å². The number of nitrogens with one attached hydrogen (secondary N) is 1. The van der Waals surface area contributed by atoms with Crippen molar-refractivity contribution in [2.75, 3.05) is 25.6 Å². The molecule has 0 spiro atoms. The Hall–Kier alpha value is -0.290. The first-order chi connectivity index (χ1) is 8.45. The van der Waals surface area contributed by atoms with Crippen LogP contribution in [0.3, 0.4) is 0 Å². The zero-order chi connectivity index (χ0) is 13.8. The number of rotatable bonds is 6. The van der Waals surface area contributed by atoms with E-state index in [1.54, 1.807) is 7.11 Å². The first kappa shape index (κ1) is 15.8. The van der Waals surface area contributed by atoms with Crippen molar-refractivity contribution in [3.05, 3.63) is 27.7 Å². The maximum Gasteiger partial charge on any atom is 0.0860 e. The van der Waals surface area contributed by atoms with Crippen molar-refractivity contribution < 1.29 is 9.84 Å². The monoisotopic (exact) mass is 335 g/mol. The van der Waals surface area contributed by atoms with E-state index in [2.05, 4.69) is 21.2 Å². The zero-order valence-corrected chi connectivity index (χ0v) is 13.2. The van der Waals surface area contributed by atoms with Gasteiger partial charge in [-0.3, -0.25) is 0 Å². The van der Waals surface area contributed by atoms with E-state index in [1.165, 1.54) is 0 Å². The summed E-state index contributed by atoms with van der Waals surface area (Å²) in [6, 6.07) is 5.59. The van der Waals surface area contributed by atoms with Crippen LogP contribution in [0, 0.1) is 5.92 Å². The molecule has 0 heterocycles. The van der Waals surface area contributed by atoms with Crippen LogP contribution < -0.4 is 5.32 Å². The molecule has 0 fully saturated rings. The van der Waals surface area contributed by atoms with Crippen LogP contribution in [0.15, 0.2) is 22.7 Å². The minimum Gasteiger partial charge on any atom is -0.394 e. The van der Waals surface area contributed by atoms with E-state index in [0.717, 1.165) is 10.2 Å². The predicted molar refractivity (Wildman–Crippen MR) is 79.3 cm³/mol. The first-order valence-corrected chi connectivity index (χ1v) is 6.95. The Kier molecular flexibility index (Phi) is 5.92. The van der Waals surface area contributed by atoms with E-state index < -0.39 is 5.54 Å². The quantitative estimate of drug-likeness (QED) is 0.835. The van der Waals surface area contributed by atoms with Gasteiger partial charge in [0.25, 0.3) is 0 Å². The first-order valence-electron chi connectivity index (χ1n) is 5.78. The third-order valence-corrected chi connectivity index (χ3v) is 4.32. The predicted octanol–water partition coefficient (Wildman–Crippen LogP) is 3.55. The fourth-order valence-electron chi connectivity index (χ4n) is 1.73. The van der Waals surface area contributed by atoms with Crippen LogP contribution in [0.1, 0.15) is 13.8 Å². The fraction of sp³-hybridized carbons (Fsp3) is 0.538. The second-order valence-electron chi connectivity index (χ2n) is 4.66. The number of aliphatic hydroxyl groups is 1. The van der Waals surface area contributed by atoms with E-state index in [1.807, 2.05) is 32.0 Å². The summed E-state index contributed by atoms with van der Waals surface area (Å²) in [7, 11) is 1.63. The number of hydrogen-bond acceptors (Lipinski definition) is 3. The van der Waals surface area contributed by atoms with Crippen molar-refractivity contribution in [3.8, 4) is 0 Å². The Morgan fingerprint density at radius 3 is 2.61 bits per heavy atom. The molecule has 2 N–H and O–H groups in total. The third-order valence-electron chi connectivity index (χ3n) is 3.10. The molecule has 3 nitrogen and oxygen atoms in total. The number of methoxy groups -OCH3 is 1. The molecule has 0 aliphatic heterocycles. The van der Waals surface area contributed by atoms with Crippen LogP contribution in [0.25, 0.3) is 0 Å². The number of aliphatic hydroxyl groups excluding tert-OH is 1. The molecular weight excluding hydrogens is 318 g/mol. The second kappa shape index (κ2) is 6.75. The average molecular weight is 337 g/mol. The number of benzene rings is 1. The molecule has 5 heteroatoms. The summed E-state index contributed by atoms with van der Waals surface area (Å²) in [5, 5.41) is 13.7.